The number of hydrogen-bond acceptors (Lipinski definition) is 2. The lowest BCUT2D eigenvalue weighted by Crippen LogP contribution is -1.74. The van der Waals surface area contributed by atoms with Crippen LogP contribution < -0.4 is 0 Å². The van der Waals surface area contributed by atoms with Gasteiger partial charge in [-0.05, 0) is 58.0 Å². The molecule has 0 heterocycles. The lowest BCUT2D eigenvalue weighted by molar-refractivity contribution is 0.471. The van der Waals surface area contributed by atoms with Crippen LogP contribution in [0, 0.1) is 3.57 Å². The highest BCUT2D eigenvalue weighted by molar-refractivity contribution is 14.1. The van der Waals surface area contributed by atoms with E-state index in [1.165, 1.54) is 5.56 Å². The van der Waals surface area contributed by atoms with E-state index in [1.807, 2.05) is 54.6 Å². The smallest absolute Gasteiger partial charge is 0.128 e. The second-order valence-corrected chi connectivity index (χ2v) is 5.53. The third-order valence-corrected chi connectivity index (χ3v) is 3.74. The summed E-state index contributed by atoms with van der Waals surface area (Å²) < 4.78 is 0.894. The van der Waals surface area contributed by atoms with E-state index in [-0.39, 0.29) is 0 Å². The van der Waals surface area contributed by atoms with Gasteiger partial charge in [-0.15, -0.1) is 0 Å². The van der Waals surface area contributed by atoms with E-state index in [4.69, 9.17) is 10.2 Å². The molecule has 0 aliphatic rings. The van der Waals surface area contributed by atoms with Gasteiger partial charge < -0.3 is 10.2 Å². The fourth-order valence-corrected chi connectivity index (χ4v) is 2.12. The molecule has 2 N–H and O–H groups in total. The summed E-state index contributed by atoms with van der Waals surface area (Å²) in [5.74, 6) is 0.660. The first-order valence-electron chi connectivity index (χ1n) is 6.45. The summed E-state index contributed by atoms with van der Waals surface area (Å²) in [6.45, 7) is 0. The molecule has 3 aromatic rings. The van der Waals surface area contributed by atoms with Crippen molar-refractivity contribution in [3.05, 3.63) is 82.4 Å². The average Bonchev–Trinajstić information content (AvgIpc) is 2.53. The first-order valence-corrected chi connectivity index (χ1v) is 7.52. The van der Waals surface area contributed by atoms with Crippen LogP contribution in [-0.2, 0) is 0 Å². The van der Waals surface area contributed by atoms with Crippen molar-refractivity contribution in [1.29, 1.82) is 0 Å². The van der Waals surface area contributed by atoms with Gasteiger partial charge in [0.25, 0.3) is 0 Å². The Morgan fingerprint density at radius 2 is 1.10 bits per heavy atom. The van der Waals surface area contributed by atoms with Crippen molar-refractivity contribution in [2.75, 3.05) is 0 Å². The van der Waals surface area contributed by atoms with Crippen LogP contribution in [0.25, 0.3) is 11.1 Å². The van der Waals surface area contributed by atoms with Crippen LogP contribution in [0.1, 0.15) is 0 Å². The molecule has 2 nitrogen and oxygen atoms in total. The minimum absolute atomic E-state index is 0.305. The lowest BCUT2D eigenvalue weighted by Gasteiger charge is -2.00. The fraction of sp³-hybridized carbons (Fsp3) is 0. The molecule has 0 aromatic heterocycles. The number of hydrogen-bond donors (Lipinski definition) is 2. The Labute approximate surface area is 137 Å². The molecule has 0 saturated carbocycles. The molecular weight excluding hydrogens is 375 g/mol. The minimum Gasteiger partial charge on any atom is -0.508 e. The maximum atomic E-state index is 9.10. The molecular formula is C18H15IO2. The maximum Gasteiger partial charge on any atom is 0.128 e. The second kappa shape index (κ2) is 7.69. The van der Waals surface area contributed by atoms with Crippen molar-refractivity contribution in [3.63, 3.8) is 0 Å². The molecule has 106 valence electrons. The summed E-state index contributed by atoms with van der Waals surface area (Å²) in [5.41, 5.74) is 2.29. The maximum absolute atomic E-state index is 9.10. The number of rotatable bonds is 1. The van der Waals surface area contributed by atoms with E-state index in [0.29, 0.717) is 11.5 Å². The molecule has 0 radical (unpaired) electrons. The molecule has 0 amide bonds. The topological polar surface area (TPSA) is 40.5 Å². The quantitative estimate of drug-likeness (QED) is 0.571. The highest BCUT2D eigenvalue weighted by Crippen LogP contribution is 2.21. The zero-order chi connectivity index (χ0) is 15.1. The van der Waals surface area contributed by atoms with Gasteiger partial charge in [0.05, 0.1) is 3.57 Å². The Bertz CT molecular complexity index is 658. The van der Waals surface area contributed by atoms with E-state index in [0.717, 1.165) is 9.13 Å². The molecule has 3 heteroatoms. The highest BCUT2D eigenvalue weighted by atomic mass is 127. The van der Waals surface area contributed by atoms with Gasteiger partial charge in [-0.2, -0.15) is 0 Å². The van der Waals surface area contributed by atoms with Crippen LogP contribution in [0.3, 0.4) is 0 Å². The van der Waals surface area contributed by atoms with E-state index in [2.05, 4.69) is 22.6 Å². The molecule has 0 aliphatic heterocycles. The Morgan fingerprint density at radius 1 is 0.571 bits per heavy atom. The van der Waals surface area contributed by atoms with Crippen LogP contribution in [0.15, 0.2) is 78.9 Å². The number of phenols is 2. The van der Waals surface area contributed by atoms with Gasteiger partial charge in [-0.3, -0.25) is 0 Å². The standard InChI is InChI=1S/C12H10O.C6H5IO/c13-12-8-6-11(7-9-12)10-4-2-1-3-5-10;7-5-3-1-2-4-6(5)8/h1-9,13H;1-4,8H. The lowest BCUT2D eigenvalue weighted by atomic mass is 10.1. The van der Waals surface area contributed by atoms with Gasteiger partial charge >= 0.3 is 0 Å². The number of aromatic hydroxyl groups is 2. The summed E-state index contributed by atoms with van der Waals surface area (Å²) >= 11 is 2.07. The SMILES string of the molecule is Oc1ccc(-c2ccccc2)cc1.Oc1ccccc1I. The Balaban J connectivity index is 0.000000173. The third kappa shape index (κ3) is 4.79. The molecule has 3 rings (SSSR count). The second-order valence-electron chi connectivity index (χ2n) is 4.36. The predicted molar refractivity (Wildman–Crippen MR) is 94.4 cm³/mol. The Kier molecular flexibility index (Phi) is 5.63. The Morgan fingerprint density at radius 3 is 1.62 bits per heavy atom. The van der Waals surface area contributed by atoms with Crippen molar-refractivity contribution in [3.8, 4) is 22.6 Å². The average molecular weight is 390 g/mol. The van der Waals surface area contributed by atoms with Crippen LogP contribution in [0.4, 0.5) is 0 Å². The molecule has 0 aliphatic carbocycles. The number of phenolic OH excluding ortho intramolecular Hbond substituents is 2. The number of para-hydroxylation sites is 1. The fourth-order valence-electron chi connectivity index (χ4n) is 1.74. The Hall–Kier alpha value is -2.01. The number of halogens is 1. The van der Waals surface area contributed by atoms with Crippen LogP contribution in [0.2, 0.25) is 0 Å². The molecule has 0 spiro atoms. The highest BCUT2D eigenvalue weighted by Gasteiger charge is 1.94. The van der Waals surface area contributed by atoms with Crippen molar-refractivity contribution in [2.45, 2.75) is 0 Å². The monoisotopic (exact) mass is 390 g/mol. The third-order valence-electron chi connectivity index (χ3n) is 2.83. The molecule has 0 saturated heterocycles. The summed E-state index contributed by atoms with van der Waals surface area (Å²) in [7, 11) is 0. The largest absolute Gasteiger partial charge is 0.508 e. The van der Waals surface area contributed by atoms with E-state index < -0.39 is 0 Å². The van der Waals surface area contributed by atoms with Gasteiger partial charge in [-0.1, -0.05) is 54.6 Å². The summed E-state index contributed by atoms with van der Waals surface area (Å²) in [6.07, 6.45) is 0. The predicted octanol–water partition coefficient (Wildman–Crippen LogP) is 5.06. The van der Waals surface area contributed by atoms with E-state index >= 15 is 0 Å². The molecule has 0 unspecified atom stereocenters. The van der Waals surface area contributed by atoms with Crippen molar-refractivity contribution >= 4 is 22.6 Å². The molecule has 0 atom stereocenters. The summed E-state index contributed by atoms with van der Waals surface area (Å²) in [4.78, 5) is 0. The van der Waals surface area contributed by atoms with E-state index in [9.17, 15) is 0 Å². The van der Waals surface area contributed by atoms with E-state index in [1.54, 1.807) is 24.3 Å². The van der Waals surface area contributed by atoms with Gasteiger partial charge in [0.2, 0.25) is 0 Å². The molecule has 0 bridgehead atoms. The first-order chi connectivity index (χ1) is 10.2. The van der Waals surface area contributed by atoms with Crippen molar-refractivity contribution in [2.24, 2.45) is 0 Å². The zero-order valence-electron chi connectivity index (χ0n) is 11.3. The number of benzene rings is 3. The summed E-state index contributed by atoms with van der Waals surface area (Å²) in [6, 6.07) is 24.5. The molecule has 0 fully saturated rings. The minimum atomic E-state index is 0.305. The van der Waals surface area contributed by atoms with Gasteiger partial charge in [0.15, 0.2) is 0 Å². The molecule has 21 heavy (non-hydrogen) atoms. The van der Waals surface area contributed by atoms with Crippen molar-refractivity contribution < 1.29 is 10.2 Å². The summed E-state index contributed by atoms with van der Waals surface area (Å²) in [5, 5.41) is 18.0. The molecule has 3 aromatic carbocycles. The zero-order valence-corrected chi connectivity index (χ0v) is 13.4. The normalized spacial score (nSPS) is 9.57. The first kappa shape index (κ1) is 15.4. The van der Waals surface area contributed by atoms with Gasteiger partial charge in [0.1, 0.15) is 11.5 Å². The van der Waals surface area contributed by atoms with Crippen molar-refractivity contribution in [1.82, 2.24) is 0 Å². The van der Waals surface area contributed by atoms with Gasteiger partial charge in [0, 0.05) is 0 Å². The van der Waals surface area contributed by atoms with Crippen LogP contribution in [0.5, 0.6) is 11.5 Å². The van der Waals surface area contributed by atoms with Crippen LogP contribution in [-0.4, -0.2) is 10.2 Å². The van der Waals surface area contributed by atoms with Crippen LogP contribution >= 0.6 is 22.6 Å². The van der Waals surface area contributed by atoms with Gasteiger partial charge in [-0.25, -0.2) is 0 Å².